The molecular weight excluding hydrogens is 330 g/mol. The van der Waals surface area contributed by atoms with Crippen LogP contribution in [-0.4, -0.2) is 26.2 Å². The molecule has 134 valence electrons. The summed E-state index contributed by atoms with van der Waals surface area (Å²) in [4.78, 5) is 12.3. The number of ether oxygens (including phenoxy) is 2. The molecule has 26 heavy (non-hydrogen) atoms. The summed E-state index contributed by atoms with van der Waals surface area (Å²) >= 11 is 0. The monoisotopic (exact) mass is 351 g/mol. The van der Waals surface area contributed by atoms with Gasteiger partial charge in [0.25, 0.3) is 0 Å². The average molecular weight is 351 g/mol. The van der Waals surface area contributed by atoms with Gasteiger partial charge in [0.2, 0.25) is 5.91 Å². The lowest BCUT2D eigenvalue weighted by Crippen LogP contribution is -2.35. The van der Waals surface area contributed by atoms with E-state index in [-0.39, 0.29) is 5.91 Å². The highest BCUT2D eigenvalue weighted by Crippen LogP contribution is 2.27. The van der Waals surface area contributed by atoms with Crippen molar-refractivity contribution in [2.75, 3.05) is 20.3 Å². The normalized spacial score (nSPS) is 16.0. The van der Waals surface area contributed by atoms with Crippen LogP contribution < -0.4 is 14.8 Å². The predicted molar refractivity (Wildman–Crippen MR) is 98.6 cm³/mol. The van der Waals surface area contributed by atoms with E-state index >= 15 is 0 Å². The van der Waals surface area contributed by atoms with Gasteiger partial charge in [-0.1, -0.05) is 18.2 Å². The van der Waals surface area contributed by atoms with Gasteiger partial charge in [-0.15, -0.1) is 0 Å². The van der Waals surface area contributed by atoms with Gasteiger partial charge in [-0.05, 0) is 30.2 Å². The topological polar surface area (TPSA) is 60.7 Å². The van der Waals surface area contributed by atoms with Gasteiger partial charge in [0.15, 0.2) is 0 Å². The Balaban J connectivity index is 1.35. The molecule has 1 aliphatic heterocycles. The average Bonchev–Trinajstić information content (AvgIpc) is 3.08. The van der Waals surface area contributed by atoms with Gasteiger partial charge < -0.3 is 19.2 Å². The molecule has 1 atom stereocenters. The van der Waals surface area contributed by atoms with E-state index in [9.17, 15) is 4.79 Å². The highest BCUT2D eigenvalue weighted by molar-refractivity contribution is 5.88. The highest BCUT2D eigenvalue weighted by atomic mass is 16.5. The molecule has 1 aromatic heterocycles. The molecule has 1 N–H and O–H groups in total. The first-order chi connectivity index (χ1) is 12.7. The third-order valence-corrected chi connectivity index (χ3v) is 4.76. The maximum Gasteiger partial charge on any atom is 0.224 e. The maximum absolute atomic E-state index is 12.3. The van der Waals surface area contributed by atoms with E-state index in [2.05, 4.69) is 11.4 Å². The standard InChI is InChI=1S/C21H21NO4/c1-24-17-6-7-18-16(13-26-20(18)10-17)9-21(23)22-11-14-8-15-4-2-3-5-19(15)25-12-14/h2-7,10,13-14H,8-9,11-12H2,1H3,(H,22,23)/t14-/m1/s1. The second-order valence-electron chi connectivity index (χ2n) is 6.59. The molecule has 4 rings (SSSR count). The van der Waals surface area contributed by atoms with Crippen LogP contribution in [0.3, 0.4) is 0 Å². The molecule has 0 radical (unpaired) electrons. The van der Waals surface area contributed by atoms with Gasteiger partial charge in [0.1, 0.15) is 17.1 Å². The van der Waals surface area contributed by atoms with Crippen molar-refractivity contribution >= 4 is 16.9 Å². The summed E-state index contributed by atoms with van der Waals surface area (Å²) in [5.41, 5.74) is 2.81. The summed E-state index contributed by atoms with van der Waals surface area (Å²) in [6.45, 7) is 1.24. The lowest BCUT2D eigenvalue weighted by atomic mass is 9.96. The second-order valence-corrected chi connectivity index (χ2v) is 6.59. The number of methoxy groups -OCH3 is 1. The smallest absolute Gasteiger partial charge is 0.224 e. The third-order valence-electron chi connectivity index (χ3n) is 4.76. The van der Waals surface area contributed by atoms with Crippen LogP contribution in [0.4, 0.5) is 0 Å². The maximum atomic E-state index is 12.3. The number of hydrogen-bond donors (Lipinski definition) is 1. The molecule has 5 heteroatoms. The zero-order chi connectivity index (χ0) is 17.9. The number of rotatable bonds is 5. The highest BCUT2D eigenvalue weighted by Gasteiger charge is 2.20. The first-order valence-corrected chi connectivity index (χ1v) is 8.74. The van der Waals surface area contributed by atoms with Crippen molar-refractivity contribution in [1.82, 2.24) is 5.32 Å². The van der Waals surface area contributed by atoms with E-state index in [4.69, 9.17) is 13.9 Å². The van der Waals surface area contributed by atoms with Gasteiger partial charge in [-0.25, -0.2) is 0 Å². The van der Waals surface area contributed by atoms with Crippen LogP contribution in [-0.2, 0) is 17.6 Å². The Morgan fingerprint density at radius 3 is 3.04 bits per heavy atom. The molecule has 0 fully saturated rings. The summed E-state index contributed by atoms with van der Waals surface area (Å²) in [5.74, 6) is 1.97. The van der Waals surface area contributed by atoms with E-state index < -0.39 is 0 Å². The van der Waals surface area contributed by atoms with E-state index in [1.165, 1.54) is 5.56 Å². The minimum absolute atomic E-state index is 0.0117. The fourth-order valence-electron chi connectivity index (χ4n) is 3.34. The molecule has 0 spiro atoms. The Morgan fingerprint density at radius 2 is 2.15 bits per heavy atom. The summed E-state index contributed by atoms with van der Waals surface area (Å²) in [5, 5.41) is 3.96. The Labute approximate surface area is 151 Å². The minimum Gasteiger partial charge on any atom is -0.497 e. The second kappa shape index (κ2) is 7.12. The van der Waals surface area contributed by atoms with Crippen molar-refractivity contribution in [3.05, 3.63) is 59.9 Å². The summed E-state index contributed by atoms with van der Waals surface area (Å²) in [6.07, 6.45) is 2.86. The first-order valence-electron chi connectivity index (χ1n) is 8.74. The van der Waals surface area contributed by atoms with Crippen molar-refractivity contribution in [2.24, 2.45) is 5.92 Å². The molecule has 2 aromatic carbocycles. The number of para-hydroxylation sites is 1. The molecule has 3 aromatic rings. The first kappa shape index (κ1) is 16.5. The number of nitrogens with one attached hydrogen (secondary N) is 1. The van der Waals surface area contributed by atoms with Crippen molar-refractivity contribution in [3.63, 3.8) is 0 Å². The Bertz CT molecular complexity index is 931. The molecule has 0 aliphatic carbocycles. The van der Waals surface area contributed by atoms with Gasteiger partial charge >= 0.3 is 0 Å². The number of benzene rings is 2. The van der Waals surface area contributed by atoms with Gasteiger partial charge in [-0.2, -0.15) is 0 Å². The summed E-state index contributed by atoms with van der Waals surface area (Å²) < 4.78 is 16.5. The number of hydrogen-bond acceptors (Lipinski definition) is 4. The lowest BCUT2D eigenvalue weighted by Gasteiger charge is -2.25. The molecule has 2 heterocycles. The van der Waals surface area contributed by atoms with Crippen molar-refractivity contribution in [1.29, 1.82) is 0 Å². The molecule has 0 bridgehead atoms. The fourth-order valence-corrected chi connectivity index (χ4v) is 3.34. The summed E-state index contributed by atoms with van der Waals surface area (Å²) in [7, 11) is 1.62. The van der Waals surface area contributed by atoms with Crippen LogP contribution in [0, 0.1) is 5.92 Å². The number of carbonyl (C=O) groups excluding carboxylic acids is 1. The molecule has 0 unspecified atom stereocenters. The van der Waals surface area contributed by atoms with Gasteiger partial charge in [-0.3, -0.25) is 4.79 Å². The quantitative estimate of drug-likeness (QED) is 0.766. The molecule has 1 aliphatic rings. The number of fused-ring (bicyclic) bond motifs is 2. The van der Waals surface area contributed by atoms with Gasteiger partial charge in [0, 0.05) is 29.5 Å². The molecule has 1 amide bonds. The zero-order valence-corrected chi connectivity index (χ0v) is 14.7. The molecule has 0 saturated heterocycles. The minimum atomic E-state index is -0.0117. The van der Waals surface area contributed by atoms with Crippen molar-refractivity contribution in [3.8, 4) is 11.5 Å². The Morgan fingerprint density at radius 1 is 1.27 bits per heavy atom. The van der Waals surface area contributed by atoms with Crippen LogP contribution >= 0.6 is 0 Å². The van der Waals surface area contributed by atoms with E-state index in [1.54, 1.807) is 13.4 Å². The Hall–Kier alpha value is -2.95. The lowest BCUT2D eigenvalue weighted by molar-refractivity contribution is -0.120. The summed E-state index contributed by atoms with van der Waals surface area (Å²) in [6, 6.07) is 13.7. The van der Waals surface area contributed by atoms with Crippen LogP contribution in [0.15, 0.2) is 53.1 Å². The van der Waals surface area contributed by atoms with E-state index in [0.717, 1.165) is 34.5 Å². The van der Waals surface area contributed by atoms with Crippen LogP contribution in [0.1, 0.15) is 11.1 Å². The van der Waals surface area contributed by atoms with Crippen molar-refractivity contribution in [2.45, 2.75) is 12.8 Å². The number of carbonyl (C=O) groups is 1. The number of furan rings is 1. The molecule has 5 nitrogen and oxygen atoms in total. The molecule has 0 saturated carbocycles. The zero-order valence-electron chi connectivity index (χ0n) is 14.7. The van der Waals surface area contributed by atoms with E-state index in [0.29, 0.717) is 25.5 Å². The van der Waals surface area contributed by atoms with Crippen LogP contribution in [0.2, 0.25) is 0 Å². The Kier molecular flexibility index (Phi) is 4.52. The SMILES string of the molecule is COc1ccc2c(CC(=O)NC[C@@H]3COc4ccccc4C3)coc2c1. The van der Waals surface area contributed by atoms with Crippen LogP contribution in [0.25, 0.3) is 11.0 Å². The van der Waals surface area contributed by atoms with Crippen LogP contribution in [0.5, 0.6) is 11.5 Å². The van der Waals surface area contributed by atoms with E-state index in [1.807, 2.05) is 36.4 Å². The largest absolute Gasteiger partial charge is 0.497 e. The van der Waals surface area contributed by atoms with Crippen molar-refractivity contribution < 1.29 is 18.7 Å². The third kappa shape index (κ3) is 3.38. The predicted octanol–water partition coefficient (Wildman–Crippen LogP) is 3.35. The number of amides is 1. The van der Waals surface area contributed by atoms with Gasteiger partial charge in [0.05, 0.1) is 26.4 Å². The molecular formula is C21H21NO4. The fraction of sp³-hybridized carbons (Fsp3) is 0.286.